The number of halogens is 2. The van der Waals surface area contributed by atoms with E-state index < -0.39 is 0 Å². The van der Waals surface area contributed by atoms with Crippen molar-refractivity contribution in [1.29, 1.82) is 0 Å². The quantitative estimate of drug-likeness (QED) is 0.847. The van der Waals surface area contributed by atoms with Crippen molar-refractivity contribution in [3.05, 3.63) is 58.3 Å². The highest BCUT2D eigenvalue weighted by molar-refractivity contribution is 6.42. The molecule has 1 N–H and O–H groups in total. The Morgan fingerprint density at radius 1 is 1.08 bits per heavy atom. The van der Waals surface area contributed by atoms with Crippen molar-refractivity contribution >= 4 is 34.8 Å². The normalized spacial score (nSPS) is 36.7. The number of nitrogens with zero attached hydrogens (tertiary/aromatic N) is 1. The van der Waals surface area contributed by atoms with Gasteiger partial charge in [-0.2, -0.15) is 0 Å². The highest BCUT2D eigenvalue weighted by Crippen LogP contribution is 2.68. The van der Waals surface area contributed by atoms with E-state index in [2.05, 4.69) is 17.2 Å². The first kappa shape index (κ1) is 16.5. The van der Waals surface area contributed by atoms with Gasteiger partial charge in [-0.25, -0.2) is 0 Å². The van der Waals surface area contributed by atoms with Crippen LogP contribution in [0.3, 0.4) is 0 Å². The van der Waals surface area contributed by atoms with Crippen LogP contribution in [0.5, 0.6) is 0 Å². The summed E-state index contributed by atoms with van der Waals surface area (Å²) in [6.45, 7) is 2.26. The fourth-order valence-corrected chi connectivity index (χ4v) is 5.37. The zero-order valence-corrected chi connectivity index (χ0v) is 15.6. The van der Waals surface area contributed by atoms with Gasteiger partial charge in [-0.15, -0.1) is 0 Å². The molecule has 2 aliphatic heterocycles. The van der Waals surface area contributed by atoms with Gasteiger partial charge in [-0.05, 0) is 53.6 Å². The number of hydrogen-bond donors (Lipinski definition) is 1. The number of fused-ring (bicyclic) bond motifs is 5. The van der Waals surface area contributed by atoms with Gasteiger partial charge < -0.3 is 10.1 Å². The number of amides is 1. The highest BCUT2D eigenvalue weighted by atomic mass is 35.5. The Hall–Kier alpha value is -1.62. The highest BCUT2D eigenvalue weighted by Gasteiger charge is 2.72. The van der Waals surface area contributed by atoms with Crippen LogP contribution in [0.15, 0.2) is 42.7 Å². The van der Waals surface area contributed by atoms with Gasteiger partial charge in [0.25, 0.3) is 0 Å². The third-order valence-corrected chi connectivity index (χ3v) is 7.01. The number of hydrogen-bond acceptors (Lipinski definition) is 3. The summed E-state index contributed by atoms with van der Waals surface area (Å²) in [5.41, 5.74) is 1.78. The molecular weight excluding hydrogens is 371 g/mol. The summed E-state index contributed by atoms with van der Waals surface area (Å²) in [5.74, 6) is 1.55. The maximum absolute atomic E-state index is 13.2. The molecular formula is C20H18Cl2N2O2. The summed E-state index contributed by atoms with van der Waals surface area (Å²) < 4.78 is 6.26. The van der Waals surface area contributed by atoms with E-state index in [9.17, 15) is 4.79 Å². The van der Waals surface area contributed by atoms with E-state index in [1.54, 1.807) is 30.6 Å². The summed E-state index contributed by atoms with van der Waals surface area (Å²) in [6.07, 6.45) is 3.67. The summed E-state index contributed by atoms with van der Waals surface area (Å²) in [5, 5.41) is 3.91. The largest absolute Gasteiger partial charge is 0.373 e. The van der Waals surface area contributed by atoms with Gasteiger partial charge in [-0.3, -0.25) is 9.78 Å². The molecule has 1 aromatic heterocycles. The average molecular weight is 389 g/mol. The van der Waals surface area contributed by atoms with E-state index in [1.807, 2.05) is 12.1 Å². The predicted molar refractivity (Wildman–Crippen MR) is 100 cm³/mol. The number of carbonyl (C=O) groups excluding carboxylic acids is 1. The molecule has 2 bridgehead atoms. The van der Waals surface area contributed by atoms with Crippen molar-refractivity contribution in [2.75, 3.05) is 5.32 Å². The van der Waals surface area contributed by atoms with Crippen LogP contribution in [-0.2, 0) is 9.53 Å². The van der Waals surface area contributed by atoms with Gasteiger partial charge >= 0.3 is 0 Å². The Labute approximate surface area is 161 Å². The van der Waals surface area contributed by atoms with Gasteiger partial charge in [0.15, 0.2) is 0 Å². The number of anilines is 1. The molecule has 3 aliphatic rings. The van der Waals surface area contributed by atoms with Crippen molar-refractivity contribution < 1.29 is 9.53 Å². The van der Waals surface area contributed by atoms with Crippen molar-refractivity contribution in [2.24, 2.45) is 23.7 Å². The number of aromatic nitrogens is 1. The minimum atomic E-state index is -0.206. The van der Waals surface area contributed by atoms with E-state index in [4.69, 9.17) is 27.9 Å². The second-order valence-corrected chi connectivity index (χ2v) is 8.34. The maximum atomic E-state index is 13.2. The number of ether oxygens (including phenoxy) is 1. The molecule has 1 saturated carbocycles. The standard InChI is InChI=1S/C20H18Cl2N2O2/c1-9-14-15(9)19-17(16(18(14)26-19)10-4-6-23-7-5-10)20(25)24-11-2-3-12(21)13(22)8-11/h2-9,14-19H,1H3,(H,24,25)/t9?,14?,15?,16-,17+,18+,19-/m1/s1. The molecule has 0 radical (unpaired) electrons. The monoisotopic (exact) mass is 388 g/mol. The van der Waals surface area contributed by atoms with Gasteiger partial charge in [0.05, 0.1) is 28.2 Å². The summed E-state index contributed by atoms with van der Waals surface area (Å²) >= 11 is 12.0. The van der Waals surface area contributed by atoms with E-state index in [1.165, 1.54) is 0 Å². The van der Waals surface area contributed by atoms with Crippen LogP contribution in [0.25, 0.3) is 0 Å². The van der Waals surface area contributed by atoms with Crippen molar-refractivity contribution in [2.45, 2.75) is 25.0 Å². The van der Waals surface area contributed by atoms with Crippen LogP contribution in [0.4, 0.5) is 5.69 Å². The number of rotatable bonds is 3. The molecule has 3 heterocycles. The van der Waals surface area contributed by atoms with Crippen LogP contribution >= 0.6 is 23.2 Å². The molecule has 0 spiro atoms. The predicted octanol–water partition coefficient (Wildman–Crippen LogP) is 4.39. The number of pyridine rings is 1. The topological polar surface area (TPSA) is 51.2 Å². The number of carbonyl (C=O) groups is 1. The minimum Gasteiger partial charge on any atom is -0.373 e. The first-order valence-electron chi connectivity index (χ1n) is 8.87. The fourth-order valence-electron chi connectivity index (χ4n) is 5.08. The lowest BCUT2D eigenvalue weighted by Gasteiger charge is -2.27. The molecule has 7 atom stereocenters. The SMILES string of the molecule is CC1C2C1[C@@H]1O[C@H]2[C@@H](C(=O)Nc2ccc(Cl)c(Cl)c2)[C@H]1c1ccncc1. The molecule has 1 aliphatic carbocycles. The van der Waals surface area contributed by atoms with E-state index in [0.717, 1.165) is 5.56 Å². The van der Waals surface area contributed by atoms with E-state index in [-0.39, 0.29) is 30.0 Å². The smallest absolute Gasteiger partial charge is 0.230 e. The van der Waals surface area contributed by atoms with Crippen LogP contribution in [-0.4, -0.2) is 23.1 Å². The van der Waals surface area contributed by atoms with Crippen molar-refractivity contribution in [3.8, 4) is 0 Å². The molecule has 1 aromatic carbocycles. The Balaban J connectivity index is 1.45. The first-order chi connectivity index (χ1) is 12.6. The second kappa shape index (κ2) is 5.95. The summed E-state index contributed by atoms with van der Waals surface area (Å²) in [4.78, 5) is 17.3. The van der Waals surface area contributed by atoms with Gasteiger partial charge in [0.2, 0.25) is 5.91 Å². The summed E-state index contributed by atoms with van der Waals surface area (Å²) in [7, 11) is 0. The van der Waals surface area contributed by atoms with Crippen molar-refractivity contribution in [1.82, 2.24) is 4.98 Å². The molecule has 2 aromatic rings. The maximum Gasteiger partial charge on any atom is 0.230 e. The molecule has 134 valence electrons. The van der Waals surface area contributed by atoms with E-state index >= 15 is 0 Å². The van der Waals surface area contributed by atoms with Crippen LogP contribution in [0, 0.1) is 23.7 Å². The van der Waals surface area contributed by atoms with E-state index in [0.29, 0.717) is 33.5 Å². The van der Waals surface area contributed by atoms with Crippen molar-refractivity contribution in [3.63, 3.8) is 0 Å². The average Bonchev–Trinajstić information content (AvgIpc) is 3.02. The molecule has 4 nitrogen and oxygen atoms in total. The molecule has 6 heteroatoms. The number of benzene rings is 1. The third-order valence-electron chi connectivity index (χ3n) is 6.27. The molecule has 26 heavy (non-hydrogen) atoms. The lowest BCUT2D eigenvalue weighted by atomic mass is 9.75. The van der Waals surface area contributed by atoms with Crippen LogP contribution in [0.1, 0.15) is 18.4 Å². The number of nitrogens with one attached hydrogen (secondary N) is 1. The zero-order chi connectivity index (χ0) is 18.0. The zero-order valence-electron chi connectivity index (χ0n) is 14.1. The molecule has 3 unspecified atom stereocenters. The third kappa shape index (κ3) is 2.39. The molecule has 1 amide bonds. The lowest BCUT2D eigenvalue weighted by molar-refractivity contribution is -0.122. The van der Waals surface area contributed by atoms with Crippen LogP contribution in [0.2, 0.25) is 10.0 Å². The fraction of sp³-hybridized carbons (Fsp3) is 0.400. The Kier molecular flexibility index (Phi) is 3.78. The van der Waals surface area contributed by atoms with Crippen LogP contribution < -0.4 is 5.32 Å². The lowest BCUT2D eigenvalue weighted by Crippen LogP contribution is -2.37. The molecule has 5 rings (SSSR count). The Morgan fingerprint density at radius 3 is 2.54 bits per heavy atom. The second-order valence-electron chi connectivity index (χ2n) is 7.53. The van der Waals surface area contributed by atoms with Gasteiger partial charge in [0.1, 0.15) is 0 Å². The molecule has 2 saturated heterocycles. The Morgan fingerprint density at radius 2 is 1.81 bits per heavy atom. The molecule has 3 fully saturated rings. The van der Waals surface area contributed by atoms with Gasteiger partial charge in [0, 0.05) is 24.0 Å². The Bertz CT molecular complexity index is 875. The summed E-state index contributed by atoms with van der Waals surface area (Å²) in [6, 6.07) is 9.13. The first-order valence-corrected chi connectivity index (χ1v) is 9.63. The van der Waals surface area contributed by atoms with Gasteiger partial charge in [-0.1, -0.05) is 30.1 Å². The minimum absolute atomic E-state index is 0.0130.